The molecule has 0 saturated carbocycles. The SMILES string of the molecule is CCc1ccc2c(c1)=CCC(C)(O)C=2C=O. The molecule has 1 atom stereocenters. The van der Waals surface area contributed by atoms with Crippen LogP contribution in [0.15, 0.2) is 18.2 Å². The van der Waals surface area contributed by atoms with Crippen LogP contribution in [0.1, 0.15) is 25.8 Å². The lowest BCUT2D eigenvalue weighted by Crippen LogP contribution is -2.41. The van der Waals surface area contributed by atoms with E-state index in [1.807, 2.05) is 18.2 Å². The number of carbonyl (C=O) groups is 1. The van der Waals surface area contributed by atoms with Crippen molar-refractivity contribution in [2.75, 3.05) is 0 Å². The van der Waals surface area contributed by atoms with E-state index in [0.29, 0.717) is 12.0 Å². The number of hydrogen-bond acceptors (Lipinski definition) is 2. The van der Waals surface area contributed by atoms with E-state index in [1.165, 1.54) is 5.56 Å². The monoisotopic (exact) mass is 216 g/mol. The summed E-state index contributed by atoms with van der Waals surface area (Å²) in [6.45, 7) is 3.79. The van der Waals surface area contributed by atoms with Crippen LogP contribution in [-0.2, 0) is 11.2 Å². The van der Waals surface area contributed by atoms with Gasteiger partial charge in [0.05, 0.1) is 5.60 Å². The van der Waals surface area contributed by atoms with Gasteiger partial charge < -0.3 is 5.11 Å². The first kappa shape index (κ1) is 11.1. The van der Waals surface area contributed by atoms with Gasteiger partial charge in [-0.15, -0.1) is 0 Å². The summed E-state index contributed by atoms with van der Waals surface area (Å²) >= 11 is 0. The highest BCUT2D eigenvalue weighted by molar-refractivity contribution is 6.02. The van der Waals surface area contributed by atoms with Crippen LogP contribution in [0.2, 0.25) is 0 Å². The molecule has 0 spiro atoms. The van der Waals surface area contributed by atoms with Crippen LogP contribution in [0.3, 0.4) is 0 Å². The average Bonchev–Trinajstić information content (AvgIpc) is 2.27. The fraction of sp³-hybridized carbons (Fsp3) is 0.357. The number of aryl methyl sites for hydroxylation is 1. The van der Waals surface area contributed by atoms with Crippen LogP contribution in [0, 0.1) is 0 Å². The standard InChI is InChI=1S/C14H16O2/c1-3-10-4-5-12-11(8-10)6-7-14(2,16)13(12)9-15/h4-6,8-9,16H,3,7H2,1-2H3. The highest BCUT2D eigenvalue weighted by atomic mass is 16.3. The first-order valence-electron chi connectivity index (χ1n) is 5.60. The largest absolute Gasteiger partial charge is 0.385 e. The summed E-state index contributed by atoms with van der Waals surface area (Å²) < 4.78 is 0. The molecule has 1 unspecified atom stereocenters. The number of aliphatic hydroxyl groups is 1. The minimum Gasteiger partial charge on any atom is -0.385 e. The third-order valence-electron chi connectivity index (χ3n) is 3.23. The Balaban J connectivity index is 2.79. The second-order valence-electron chi connectivity index (χ2n) is 4.49. The van der Waals surface area contributed by atoms with Gasteiger partial charge in [-0.2, -0.15) is 0 Å². The Bertz CT molecular complexity index is 538. The second kappa shape index (κ2) is 3.87. The van der Waals surface area contributed by atoms with Crippen LogP contribution in [0.5, 0.6) is 0 Å². The molecule has 0 amide bonds. The van der Waals surface area contributed by atoms with E-state index in [1.54, 1.807) is 6.92 Å². The summed E-state index contributed by atoms with van der Waals surface area (Å²) in [5, 5.41) is 12.0. The van der Waals surface area contributed by atoms with Crippen LogP contribution in [-0.4, -0.2) is 17.0 Å². The molecule has 2 rings (SSSR count). The van der Waals surface area contributed by atoms with Crippen molar-refractivity contribution in [3.8, 4) is 0 Å². The van der Waals surface area contributed by atoms with E-state index in [4.69, 9.17) is 0 Å². The number of benzene rings is 1. The maximum atomic E-state index is 11.1. The van der Waals surface area contributed by atoms with Gasteiger partial charge in [0.1, 0.15) is 6.29 Å². The minimum absolute atomic E-state index is 0.493. The number of hydrogen-bond donors (Lipinski definition) is 1. The van der Waals surface area contributed by atoms with Crippen molar-refractivity contribution in [2.45, 2.75) is 32.3 Å². The van der Waals surface area contributed by atoms with Crippen LogP contribution in [0.4, 0.5) is 0 Å². The van der Waals surface area contributed by atoms with Gasteiger partial charge in [0.25, 0.3) is 0 Å². The molecule has 0 saturated heterocycles. The molecule has 0 radical (unpaired) electrons. The van der Waals surface area contributed by atoms with E-state index in [2.05, 4.69) is 13.0 Å². The molecule has 84 valence electrons. The Morgan fingerprint density at radius 3 is 2.88 bits per heavy atom. The second-order valence-corrected chi connectivity index (χ2v) is 4.49. The van der Waals surface area contributed by atoms with Gasteiger partial charge in [-0.1, -0.05) is 31.2 Å². The minimum atomic E-state index is -1.03. The smallest absolute Gasteiger partial charge is 0.149 e. The number of aldehydes is 1. The van der Waals surface area contributed by atoms with Crippen LogP contribution in [0.25, 0.3) is 11.6 Å². The zero-order chi connectivity index (χ0) is 11.8. The Hall–Kier alpha value is -1.41. The topological polar surface area (TPSA) is 37.3 Å². The maximum absolute atomic E-state index is 11.1. The number of fused-ring (bicyclic) bond motifs is 1. The predicted molar refractivity (Wildman–Crippen MR) is 64.2 cm³/mol. The molecule has 0 bridgehead atoms. The van der Waals surface area contributed by atoms with Gasteiger partial charge in [0.15, 0.2) is 0 Å². The molecular weight excluding hydrogens is 200 g/mol. The summed E-state index contributed by atoms with van der Waals surface area (Å²) in [7, 11) is 0. The summed E-state index contributed by atoms with van der Waals surface area (Å²) in [6.07, 6.45) is 4.26. The molecule has 1 aliphatic carbocycles. The van der Waals surface area contributed by atoms with Crippen molar-refractivity contribution in [3.05, 3.63) is 34.2 Å². The van der Waals surface area contributed by atoms with Crippen molar-refractivity contribution in [2.24, 2.45) is 0 Å². The normalized spacial score (nSPS) is 23.6. The number of rotatable bonds is 2. The zero-order valence-corrected chi connectivity index (χ0v) is 9.66. The van der Waals surface area contributed by atoms with Crippen molar-refractivity contribution < 1.29 is 9.90 Å². The molecule has 0 aromatic heterocycles. The van der Waals surface area contributed by atoms with E-state index in [9.17, 15) is 9.90 Å². The third-order valence-corrected chi connectivity index (χ3v) is 3.23. The van der Waals surface area contributed by atoms with Gasteiger partial charge in [-0.25, -0.2) is 0 Å². The Morgan fingerprint density at radius 1 is 1.50 bits per heavy atom. The lowest BCUT2D eigenvalue weighted by atomic mass is 9.86. The molecule has 2 heteroatoms. The molecule has 0 fully saturated rings. The van der Waals surface area contributed by atoms with Gasteiger partial charge in [-0.3, -0.25) is 4.79 Å². The van der Waals surface area contributed by atoms with Gasteiger partial charge >= 0.3 is 0 Å². The Morgan fingerprint density at radius 2 is 2.25 bits per heavy atom. The summed E-state index contributed by atoms with van der Waals surface area (Å²) in [5.41, 5.74) is 0.720. The maximum Gasteiger partial charge on any atom is 0.149 e. The third kappa shape index (κ3) is 1.69. The lowest BCUT2D eigenvalue weighted by Gasteiger charge is -2.25. The summed E-state index contributed by atoms with van der Waals surface area (Å²) in [6, 6.07) is 6.04. The molecule has 1 aromatic rings. The van der Waals surface area contributed by atoms with Crippen molar-refractivity contribution in [1.29, 1.82) is 0 Å². The average molecular weight is 216 g/mol. The molecule has 0 aliphatic heterocycles. The van der Waals surface area contributed by atoms with Crippen molar-refractivity contribution in [1.82, 2.24) is 0 Å². The summed E-state index contributed by atoms with van der Waals surface area (Å²) in [4.78, 5) is 11.1. The summed E-state index contributed by atoms with van der Waals surface area (Å²) in [5.74, 6) is 0. The zero-order valence-electron chi connectivity index (χ0n) is 9.66. The van der Waals surface area contributed by atoms with Crippen molar-refractivity contribution >= 4 is 17.9 Å². The first-order valence-corrected chi connectivity index (χ1v) is 5.60. The fourth-order valence-electron chi connectivity index (χ4n) is 2.15. The molecule has 1 aromatic carbocycles. The molecule has 2 nitrogen and oxygen atoms in total. The highest BCUT2D eigenvalue weighted by Crippen LogP contribution is 2.21. The van der Waals surface area contributed by atoms with E-state index >= 15 is 0 Å². The molecule has 16 heavy (non-hydrogen) atoms. The molecular formula is C14H16O2. The van der Waals surface area contributed by atoms with Crippen LogP contribution < -0.4 is 10.4 Å². The fourth-order valence-corrected chi connectivity index (χ4v) is 2.15. The highest BCUT2D eigenvalue weighted by Gasteiger charge is 2.27. The van der Waals surface area contributed by atoms with E-state index < -0.39 is 5.60 Å². The van der Waals surface area contributed by atoms with Gasteiger partial charge in [-0.05, 0) is 35.8 Å². The lowest BCUT2D eigenvalue weighted by molar-refractivity contribution is -0.104. The Labute approximate surface area is 94.9 Å². The molecule has 1 N–H and O–H groups in total. The first-order chi connectivity index (χ1) is 7.58. The van der Waals surface area contributed by atoms with E-state index in [0.717, 1.165) is 23.1 Å². The van der Waals surface area contributed by atoms with Gasteiger partial charge in [0.2, 0.25) is 0 Å². The molecule has 1 aliphatic rings. The number of carbonyl (C=O) groups excluding carboxylic acids is 1. The van der Waals surface area contributed by atoms with Crippen molar-refractivity contribution in [3.63, 3.8) is 0 Å². The Kier molecular flexibility index (Phi) is 2.68. The molecule has 0 heterocycles. The van der Waals surface area contributed by atoms with E-state index in [-0.39, 0.29) is 0 Å². The predicted octanol–water partition coefficient (Wildman–Crippen LogP) is 0.534. The van der Waals surface area contributed by atoms with Crippen LogP contribution >= 0.6 is 0 Å². The quantitative estimate of drug-likeness (QED) is 0.732. The van der Waals surface area contributed by atoms with Gasteiger partial charge in [0, 0.05) is 5.57 Å².